The Morgan fingerprint density at radius 2 is 2.00 bits per heavy atom. The highest BCUT2D eigenvalue weighted by molar-refractivity contribution is 7.88. The molecule has 4 rings (SSSR count). The molecule has 1 aromatic carbocycles. The molecule has 35 heavy (non-hydrogen) atoms. The van der Waals surface area contributed by atoms with Gasteiger partial charge in [0.2, 0.25) is 10.0 Å². The molecule has 0 radical (unpaired) electrons. The number of nitrogens with zero attached hydrogens (tertiary/aromatic N) is 3. The van der Waals surface area contributed by atoms with Crippen molar-refractivity contribution >= 4 is 26.6 Å². The summed E-state index contributed by atoms with van der Waals surface area (Å²) in [6, 6.07) is 5.19. The van der Waals surface area contributed by atoms with Crippen LogP contribution in [0.2, 0.25) is 0 Å². The molecular formula is C24H31N5O5S. The molecular weight excluding hydrogens is 470 g/mol. The van der Waals surface area contributed by atoms with E-state index in [0.717, 1.165) is 35.9 Å². The van der Waals surface area contributed by atoms with Crippen molar-refractivity contribution in [3.8, 4) is 11.4 Å². The van der Waals surface area contributed by atoms with E-state index in [2.05, 4.69) is 35.4 Å². The molecule has 1 fully saturated rings. The molecule has 1 aliphatic rings. The quantitative estimate of drug-likeness (QED) is 0.527. The molecule has 0 aliphatic carbocycles. The fourth-order valence-electron chi connectivity index (χ4n) is 4.49. The Kier molecular flexibility index (Phi) is 6.50. The average molecular weight is 502 g/mol. The number of anilines is 1. The first-order valence-corrected chi connectivity index (χ1v) is 13.3. The molecule has 2 aromatic heterocycles. The number of hydrogen-bond acceptors (Lipinski definition) is 7. The summed E-state index contributed by atoms with van der Waals surface area (Å²) in [5.41, 5.74) is 1.60. The monoisotopic (exact) mass is 501 g/mol. The SMILES string of the molecule is COc1c(C(C)(C)C)cc(-n2ccc(=O)[nH]c2=O)c2ncc(N3CC[C@H](CNS(C)(=O)=O)C3)cc12. The van der Waals surface area contributed by atoms with Crippen molar-refractivity contribution in [2.45, 2.75) is 32.6 Å². The van der Waals surface area contributed by atoms with Crippen molar-refractivity contribution in [1.82, 2.24) is 19.3 Å². The summed E-state index contributed by atoms with van der Waals surface area (Å²) >= 11 is 0. The fraction of sp³-hybridized carbons (Fsp3) is 0.458. The second kappa shape index (κ2) is 9.12. The first-order chi connectivity index (χ1) is 16.4. The molecule has 2 N–H and O–H groups in total. The summed E-state index contributed by atoms with van der Waals surface area (Å²) in [7, 11) is -1.62. The number of pyridine rings is 1. The summed E-state index contributed by atoms with van der Waals surface area (Å²) in [6.07, 6.45) is 5.23. The minimum atomic E-state index is -3.24. The van der Waals surface area contributed by atoms with Crippen LogP contribution in [-0.4, -0.2) is 56.0 Å². The highest BCUT2D eigenvalue weighted by Gasteiger charge is 2.27. The van der Waals surface area contributed by atoms with E-state index in [1.807, 2.05) is 12.1 Å². The minimum absolute atomic E-state index is 0.193. The molecule has 0 amide bonds. The summed E-state index contributed by atoms with van der Waals surface area (Å²) in [5, 5.41) is 0.753. The van der Waals surface area contributed by atoms with Gasteiger partial charge in [0.1, 0.15) is 5.75 Å². The van der Waals surface area contributed by atoms with Crippen LogP contribution in [-0.2, 0) is 15.4 Å². The lowest BCUT2D eigenvalue weighted by Gasteiger charge is -2.26. The molecule has 0 spiro atoms. The van der Waals surface area contributed by atoms with Crippen LogP contribution in [0.15, 0.2) is 40.2 Å². The number of H-pyrrole nitrogens is 1. The number of fused-ring (bicyclic) bond motifs is 1. The van der Waals surface area contributed by atoms with Gasteiger partial charge in [-0.05, 0) is 29.9 Å². The highest BCUT2D eigenvalue weighted by Crippen LogP contribution is 2.41. The van der Waals surface area contributed by atoms with E-state index in [1.54, 1.807) is 13.3 Å². The van der Waals surface area contributed by atoms with Crippen LogP contribution in [0.4, 0.5) is 5.69 Å². The van der Waals surface area contributed by atoms with E-state index < -0.39 is 21.3 Å². The zero-order valence-electron chi connectivity index (χ0n) is 20.6. The maximum atomic E-state index is 12.6. The van der Waals surface area contributed by atoms with Gasteiger partial charge in [-0.2, -0.15) is 0 Å². The number of rotatable bonds is 6. The Bertz CT molecular complexity index is 1490. The Morgan fingerprint density at radius 1 is 1.26 bits per heavy atom. The predicted molar refractivity (Wildman–Crippen MR) is 136 cm³/mol. The van der Waals surface area contributed by atoms with Crippen LogP contribution in [0.3, 0.4) is 0 Å². The van der Waals surface area contributed by atoms with Gasteiger partial charge in [0.25, 0.3) is 5.56 Å². The topological polar surface area (TPSA) is 126 Å². The van der Waals surface area contributed by atoms with Crippen LogP contribution in [0.1, 0.15) is 32.8 Å². The number of sulfonamides is 1. The molecule has 1 saturated heterocycles. The third-order valence-electron chi connectivity index (χ3n) is 6.27. The van der Waals surface area contributed by atoms with E-state index in [-0.39, 0.29) is 11.3 Å². The van der Waals surface area contributed by atoms with Crippen LogP contribution in [0.5, 0.6) is 5.75 Å². The van der Waals surface area contributed by atoms with Crippen LogP contribution in [0.25, 0.3) is 16.6 Å². The van der Waals surface area contributed by atoms with E-state index in [1.165, 1.54) is 16.8 Å². The third-order valence-corrected chi connectivity index (χ3v) is 6.96. The molecule has 3 aromatic rings. The van der Waals surface area contributed by atoms with Crippen molar-refractivity contribution < 1.29 is 13.2 Å². The van der Waals surface area contributed by atoms with Gasteiger partial charge < -0.3 is 9.64 Å². The normalized spacial score (nSPS) is 16.7. The molecule has 11 heteroatoms. The molecule has 0 bridgehead atoms. The van der Waals surface area contributed by atoms with Crippen molar-refractivity contribution in [3.05, 3.63) is 57.0 Å². The molecule has 188 valence electrons. The van der Waals surface area contributed by atoms with E-state index in [4.69, 9.17) is 9.72 Å². The summed E-state index contributed by atoms with van der Waals surface area (Å²) in [6.45, 7) is 8.06. The predicted octanol–water partition coefficient (Wildman–Crippen LogP) is 1.76. The number of aromatic amines is 1. The van der Waals surface area contributed by atoms with Gasteiger partial charge in [0, 0.05) is 42.8 Å². The Morgan fingerprint density at radius 3 is 2.63 bits per heavy atom. The number of hydrogen-bond donors (Lipinski definition) is 2. The van der Waals surface area contributed by atoms with Crippen molar-refractivity contribution in [1.29, 1.82) is 0 Å². The first kappa shape index (κ1) is 24.9. The highest BCUT2D eigenvalue weighted by atomic mass is 32.2. The van der Waals surface area contributed by atoms with E-state index >= 15 is 0 Å². The van der Waals surface area contributed by atoms with Gasteiger partial charge in [-0.25, -0.2) is 17.9 Å². The second-order valence-corrected chi connectivity index (χ2v) is 11.9. The number of ether oxygens (including phenoxy) is 1. The Labute approximate surface area is 204 Å². The molecule has 0 unspecified atom stereocenters. The lowest BCUT2D eigenvalue weighted by Crippen LogP contribution is -2.30. The Hall–Kier alpha value is -3.18. The van der Waals surface area contributed by atoms with Gasteiger partial charge in [0.15, 0.2) is 0 Å². The fourth-order valence-corrected chi connectivity index (χ4v) is 5.03. The van der Waals surface area contributed by atoms with Crippen LogP contribution < -0.4 is 25.6 Å². The smallest absolute Gasteiger partial charge is 0.332 e. The van der Waals surface area contributed by atoms with Crippen LogP contribution in [0, 0.1) is 5.92 Å². The minimum Gasteiger partial charge on any atom is -0.496 e. The molecule has 1 atom stereocenters. The summed E-state index contributed by atoms with van der Waals surface area (Å²) in [4.78, 5) is 33.5. The van der Waals surface area contributed by atoms with Crippen molar-refractivity contribution in [2.75, 3.05) is 37.9 Å². The van der Waals surface area contributed by atoms with Crippen molar-refractivity contribution in [2.24, 2.45) is 5.92 Å². The van der Waals surface area contributed by atoms with Crippen LogP contribution >= 0.6 is 0 Å². The summed E-state index contributed by atoms with van der Waals surface area (Å²) in [5.74, 6) is 0.871. The third kappa shape index (κ3) is 5.25. The van der Waals surface area contributed by atoms with Crippen molar-refractivity contribution in [3.63, 3.8) is 0 Å². The molecule has 1 aliphatic heterocycles. The van der Waals surface area contributed by atoms with Gasteiger partial charge in [-0.1, -0.05) is 20.8 Å². The van der Waals surface area contributed by atoms with E-state index in [9.17, 15) is 18.0 Å². The average Bonchev–Trinajstić information content (AvgIpc) is 3.24. The maximum Gasteiger partial charge on any atom is 0.332 e. The first-order valence-electron chi connectivity index (χ1n) is 11.4. The largest absolute Gasteiger partial charge is 0.496 e. The van der Waals surface area contributed by atoms with E-state index in [0.29, 0.717) is 30.0 Å². The van der Waals surface area contributed by atoms with Gasteiger partial charge in [-0.3, -0.25) is 19.3 Å². The standard InChI is InChI=1S/C24H31N5O5S/c1-24(2,3)18-11-19(29-9-7-20(30)27-23(29)31)21-17(22(18)34-4)10-16(13-25-21)28-8-6-15(14-28)12-26-35(5,32)33/h7,9-11,13,15,26H,6,8,12,14H2,1-5H3,(H,27,30,31)/t15-/m1/s1. The number of nitrogens with one attached hydrogen (secondary N) is 2. The lowest BCUT2D eigenvalue weighted by molar-refractivity contribution is 0.402. The summed E-state index contributed by atoms with van der Waals surface area (Å²) < 4.78 is 32.8. The molecule has 0 saturated carbocycles. The number of methoxy groups -OCH3 is 1. The Balaban J connectivity index is 1.84. The number of aromatic nitrogens is 3. The molecule has 10 nitrogen and oxygen atoms in total. The maximum absolute atomic E-state index is 12.6. The van der Waals surface area contributed by atoms with Gasteiger partial charge in [-0.15, -0.1) is 0 Å². The zero-order chi connectivity index (χ0) is 25.5. The molecule has 3 heterocycles. The lowest BCUT2D eigenvalue weighted by atomic mass is 9.84. The second-order valence-electron chi connectivity index (χ2n) is 10.0. The van der Waals surface area contributed by atoms with Gasteiger partial charge in [0.05, 0.1) is 36.5 Å². The number of benzene rings is 1. The zero-order valence-corrected chi connectivity index (χ0v) is 21.4. The van der Waals surface area contributed by atoms with Gasteiger partial charge >= 0.3 is 5.69 Å².